The largest absolute Gasteiger partial charge is 0 e. The van der Waals surface area contributed by atoms with Gasteiger partial charge in [-0.05, 0) is 55.4 Å². The fourth-order valence-electron chi connectivity index (χ4n) is 0. The molecule has 0 rings (SSSR count). The fourth-order valence-corrected chi connectivity index (χ4v) is 0. The van der Waals surface area contributed by atoms with Crippen molar-refractivity contribution in [2.45, 2.75) is 79.8 Å². The van der Waals surface area contributed by atoms with Crippen LogP contribution in [0, 0.1) is 0 Å². The van der Waals surface area contributed by atoms with E-state index in [4.69, 9.17) is 57.6 Å². The molecule has 0 unspecified atom stereocenters. The maximum Gasteiger partial charge on any atom is 0 e. The Kier molecular flexibility index (Phi) is 50.7. The summed E-state index contributed by atoms with van der Waals surface area (Å²) in [5.41, 5.74) is 0. The summed E-state index contributed by atoms with van der Waals surface area (Å²) in [4.78, 5) is 0. The molecule has 0 aliphatic rings. The first-order valence-electron chi connectivity index (χ1n) is 6.41. The minimum atomic E-state index is -3.11. The van der Waals surface area contributed by atoms with Gasteiger partial charge in [0.05, 0.1) is 0 Å². The Hall–Kier alpha value is 2.43. The summed E-state index contributed by atoms with van der Waals surface area (Å²) in [6.07, 6.45) is -0.667. The number of halogens is 4. The van der Waals surface area contributed by atoms with E-state index in [9.17, 15) is 0 Å². The summed E-state index contributed by atoms with van der Waals surface area (Å²) in [5.74, 6) is 0. The van der Waals surface area contributed by atoms with E-state index in [1.165, 1.54) is 0 Å². The molecule has 0 aliphatic heterocycles. The summed E-state index contributed by atoms with van der Waals surface area (Å²) in [6.45, 7) is 13.8. The van der Waals surface area contributed by atoms with Crippen molar-refractivity contribution in [1.82, 2.24) is 0 Å². The molecular weight excluding hydrogens is 446 g/mol. The summed E-state index contributed by atoms with van der Waals surface area (Å²) >= 11 is -3.11. The van der Waals surface area contributed by atoms with E-state index in [-0.39, 0.29) is 46.1 Å². The first kappa shape index (κ1) is 39.5. The van der Waals surface area contributed by atoms with Crippen molar-refractivity contribution in [3.8, 4) is 0 Å². The smallest absolute Gasteiger partial charge is 0 e. The van der Waals surface area contributed by atoms with Gasteiger partial charge in [0.1, 0.15) is 0 Å². The third kappa shape index (κ3) is 1750. The van der Waals surface area contributed by atoms with Gasteiger partial charge in [-0.25, -0.2) is 0 Å². The van der Waals surface area contributed by atoms with Gasteiger partial charge in [0.15, 0.2) is 0 Å². The van der Waals surface area contributed by atoms with Crippen molar-refractivity contribution < 1.29 is 54.5 Å². The standard InChI is InChI=1S/4C3H8O.4ClH.2Ti/c4*1-3(2)4;;;;;;/h4*3-4H,1-2H3;4*1H;;/q;;;;;;;;;+4/p-4. The van der Waals surface area contributed by atoms with Gasteiger partial charge in [-0.1, -0.05) is 0 Å². The van der Waals surface area contributed by atoms with Crippen molar-refractivity contribution in [1.29, 1.82) is 0 Å². The Bertz CT molecular complexity index is 129. The molecule has 0 aromatic rings. The quantitative estimate of drug-likeness (QED) is 0.392. The molecule has 0 saturated carbocycles. The van der Waals surface area contributed by atoms with Crippen LogP contribution in [0.25, 0.3) is 0 Å². The van der Waals surface area contributed by atoms with E-state index in [2.05, 4.69) is 0 Å². The minimum Gasteiger partial charge on any atom is 0 e. The number of hydrogen-bond donors (Lipinski definition) is 4. The molecular formula is C12H32Cl4O4Ti2. The fraction of sp³-hybridized carbons (Fsp3) is 1.00. The van der Waals surface area contributed by atoms with Gasteiger partial charge < -0.3 is 20.4 Å². The molecule has 0 aromatic carbocycles. The molecule has 4 N–H and O–H groups in total. The molecule has 0 aromatic heterocycles. The Morgan fingerprint density at radius 3 is 0.500 bits per heavy atom. The topological polar surface area (TPSA) is 80.9 Å². The number of aliphatic hydroxyl groups is 4. The van der Waals surface area contributed by atoms with E-state index >= 15 is 0 Å². The van der Waals surface area contributed by atoms with Crippen molar-refractivity contribution >= 4 is 37.2 Å². The monoisotopic (exact) mass is 476 g/mol. The van der Waals surface area contributed by atoms with Gasteiger partial charge in [0, 0.05) is 46.1 Å². The van der Waals surface area contributed by atoms with Crippen LogP contribution >= 0.6 is 37.2 Å². The van der Waals surface area contributed by atoms with Crippen molar-refractivity contribution in [2.24, 2.45) is 0 Å². The van der Waals surface area contributed by atoms with Crippen molar-refractivity contribution in [3.05, 3.63) is 0 Å². The van der Waals surface area contributed by atoms with Crippen LogP contribution in [0.15, 0.2) is 0 Å². The molecule has 0 radical (unpaired) electrons. The van der Waals surface area contributed by atoms with Gasteiger partial charge in [-0.2, -0.15) is 0 Å². The van der Waals surface area contributed by atoms with E-state index in [1.807, 2.05) is 0 Å². The van der Waals surface area contributed by atoms with Gasteiger partial charge in [-0.3, -0.25) is 0 Å². The van der Waals surface area contributed by atoms with Gasteiger partial charge in [0.25, 0.3) is 0 Å². The third-order valence-corrected chi connectivity index (χ3v) is 0. The summed E-state index contributed by atoms with van der Waals surface area (Å²) < 4.78 is 0. The Labute approximate surface area is 170 Å². The molecule has 0 spiro atoms. The van der Waals surface area contributed by atoms with Crippen LogP contribution in [0.5, 0.6) is 0 Å². The SMILES string of the molecule is CC(C)O.CC(C)O.CC(C)O.CC(C)O.[Cl][Ti]([Cl])([Cl])[Cl].[Ti]. The third-order valence-electron chi connectivity index (χ3n) is 0. The second kappa shape index (κ2) is 28.2. The Morgan fingerprint density at radius 2 is 0.500 bits per heavy atom. The molecule has 0 heterocycles. The van der Waals surface area contributed by atoms with Gasteiger partial charge in [0.2, 0.25) is 0 Å². The first-order chi connectivity index (χ1) is 8.93. The molecule has 0 bridgehead atoms. The van der Waals surface area contributed by atoms with E-state index in [0.717, 1.165) is 0 Å². The van der Waals surface area contributed by atoms with Crippen LogP contribution in [-0.2, 0) is 34.1 Å². The predicted octanol–water partition coefficient (Wildman–Crippen LogP) is 4.30. The van der Waals surface area contributed by atoms with Crippen LogP contribution in [0.2, 0.25) is 0 Å². The normalized spacial score (nSPS) is 9.27. The zero-order valence-electron chi connectivity index (χ0n) is 14.6. The average molecular weight is 478 g/mol. The molecule has 0 saturated heterocycles. The summed E-state index contributed by atoms with van der Waals surface area (Å²) in [6, 6.07) is 0. The molecule has 0 amide bonds. The Morgan fingerprint density at radius 1 is 0.500 bits per heavy atom. The van der Waals surface area contributed by atoms with Crippen molar-refractivity contribution in [3.63, 3.8) is 0 Å². The van der Waals surface area contributed by atoms with Crippen LogP contribution in [0.4, 0.5) is 0 Å². The molecule has 0 aliphatic carbocycles. The molecule has 22 heavy (non-hydrogen) atoms. The molecule has 4 nitrogen and oxygen atoms in total. The maximum atomic E-state index is 8.06. The minimum absolute atomic E-state index is 0. The van der Waals surface area contributed by atoms with E-state index in [1.54, 1.807) is 55.4 Å². The van der Waals surface area contributed by atoms with E-state index < -0.39 is 12.3 Å². The molecule has 10 heteroatoms. The molecule has 140 valence electrons. The van der Waals surface area contributed by atoms with Crippen LogP contribution in [0.1, 0.15) is 55.4 Å². The second-order valence-electron chi connectivity index (χ2n) is 4.80. The summed E-state index contributed by atoms with van der Waals surface area (Å²) in [5, 5.41) is 32.2. The van der Waals surface area contributed by atoms with Crippen molar-refractivity contribution in [2.75, 3.05) is 0 Å². The number of rotatable bonds is 0. The van der Waals surface area contributed by atoms with Gasteiger partial charge in [-0.15, -0.1) is 0 Å². The zero-order chi connectivity index (χ0) is 18.8. The van der Waals surface area contributed by atoms with Crippen LogP contribution in [-0.4, -0.2) is 44.8 Å². The predicted molar refractivity (Wildman–Crippen MR) is 92.8 cm³/mol. The summed E-state index contributed by atoms with van der Waals surface area (Å²) in [7, 11) is 20.1. The number of aliphatic hydroxyl groups excluding tert-OH is 4. The Balaban J connectivity index is -0.0000000361. The van der Waals surface area contributed by atoms with Crippen LogP contribution in [0.3, 0.4) is 0 Å². The van der Waals surface area contributed by atoms with E-state index in [0.29, 0.717) is 0 Å². The maximum absolute atomic E-state index is 8.06. The molecule has 0 atom stereocenters. The zero-order valence-corrected chi connectivity index (χ0v) is 20.8. The first-order valence-corrected chi connectivity index (χ1v) is 15.0. The molecule has 0 fully saturated rings. The number of hydrogen-bond acceptors (Lipinski definition) is 4. The second-order valence-corrected chi connectivity index (χ2v) is 20.3. The average Bonchev–Trinajstić information content (AvgIpc) is 1.91. The van der Waals surface area contributed by atoms with Crippen LogP contribution < -0.4 is 0 Å². The van der Waals surface area contributed by atoms with Gasteiger partial charge >= 0.3 is 49.6 Å².